The van der Waals surface area contributed by atoms with Gasteiger partial charge in [-0.05, 0) is 37.5 Å². The Kier molecular flexibility index (Phi) is 5.12. The van der Waals surface area contributed by atoms with Crippen LogP contribution in [0, 0.1) is 13.8 Å². The Morgan fingerprint density at radius 3 is 2.52 bits per heavy atom. The molecule has 0 aliphatic carbocycles. The Balaban J connectivity index is 2.07. The van der Waals surface area contributed by atoms with Crippen LogP contribution in [0.2, 0.25) is 0 Å². The molecule has 0 aromatic heterocycles. The fourth-order valence-corrected chi connectivity index (χ4v) is 2.34. The van der Waals surface area contributed by atoms with E-state index in [4.69, 9.17) is 5.73 Å². The number of carbonyl (C=O) groups is 1. The number of amides is 1. The van der Waals surface area contributed by atoms with Crippen LogP contribution in [0.15, 0.2) is 48.5 Å². The fourth-order valence-electron chi connectivity index (χ4n) is 2.34. The van der Waals surface area contributed by atoms with Crippen LogP contribution < -0.4 is 11.1 Å². The van der Waals surface area contributed by atoms with Gasteiger partial charge in [0.1, 0.15) is 0 Å². The summed E-state index contributed by atoms with van der Waals surface area (Å²) in [6.07, 6.45) is 0.744. The molecule has 3 heteroatoms. The van der Waals surface area contributed by atoms with Crippen molar-refractivity contribution in [1.29, 1.82) is 0 Å². The lowest BCUT2D eigenvalue weighted by atomic mass is 10.0. The standard InChI is InChI=1S/C18H22N2O/c1-13-8-9-14(2)17(10-13)18(21)20-16(12-19)11-15-6-4-3-5-7-15/h3-10,16H,11-12,19H2,1-2H3,(H,20,21). The van der Waals surface area contributed by atoms with E-state index in [0.717, 1.165) is 23.1 Å². The second-order valence-electron chi connectivity index (χ2n) is 5.41. The number of carbonyl (C=O) groups excluding carboxylic acids is 1. The van der Waals surface area contributed by atoms with Gasteiger partial charge in [0.15, 0.2) is 0 Å². The molecule has 3 nitrogen and oxygen atoms in total. The van der Waals surface area contributed by atoms with Gasteiger partial charge in [0.05, 0.1) is 0 Å². The van der Waals surface area contributed by atoms with Crippen LogP contribution in [0.1, 0.15) is 27.0 Å². The Hall–Kier alpha value is -2.13. The van der Waals surface area contributed by atoms with Gasteiger partial charge in [-0.1, -0.05) is 48.0 Å². The van der Waals surface area contributed by atoms with Gasteiger partial charge < -0.3 is 11.1 Å². The van der Waals surface area contributed by atoms with E-state index in [1.54, 1.807) is 0 Å². The average Bonchev–Trinajstić information content (AvgIpc) is 2.50. The monoisotopic (exact) mass is 282 g/mol. The van der Waals surface area contributed by atoms with Gasteiger partial charge in [0.2, 0.25) is 0 Å². The number of benzene rings is 2. The van der Waals surface area contributed by atoms with Crippen LogP contribution in [0.25, 0.3) is 0 Å². The summed E-state index contributed by atoms with van der Waals surface area (Å²) in [7, 11) is 0. The van der Waals surface area contributed by atoms with Gasteiger partial charge in [0, 0.05) is 18.2 Å². The van der Waals surface area contributed by atoms with E-state index in [1.807, 2.05) is 62.4 Å². The lowest BCUT2D eigenvalue weighted by Gasteiger charge is -2.18. The molecule has 3 N–H and O–H groups in total. The van der Waals surface area contributed by atoms with Gasteiger partial charge in [0.25, 0.3) is 5.91 Å². The van der Waals surface area contributed by atoms with E-state index in [0.29, 0.717) is 6.54 Å². The number of nitrogens with one attached hydrogen (secondary N) is 1. The molecule has 0 aliphatic rings. The van der Waals surface area contributed by atoms with Crippen molar-refractivity contribution in [3.8, 4) is 0 Å². The second kappa shape index (κ2) is 7.04. The zero-order chi connectivity index (χ0) is 15.2. The van der Waals surface area contributed by atoms with Crippen molar-refractivity contribution in [2.75, 3.05) is 6.54 Å². The molecule has 2 rings (SSSR count). The minimum Gasteiger partial charge on any atom is -0.348 e. The van der Waals surface area contributed by atoms with E-state index >= 15 is 0 Å². The minimum absolute atomic E-state index is 0.0532. The molecule has 110 valence electrons. The molecule has 0 bridgehead atoms. The Morgan fingerprint density at radius 2 is 1.86 bits per heavy atom. The molecule has 21 heavy (non-hydrogen) atoms. The molecule has 0 aliphatic heterocycles. The first-order valence-electron chi connectivity index (χ1n) is 7.22. The van der Waals surface area contributed by atoms with Gasteiger partial charge in [-0.15, -0.1) is 0 Å². The smallest absolute Gasteiger partial charge is 0.251 e. The van der Waals surface area contributed by atoms with Gasteiger partial charge in [-0.2, -0.15) is 0 Å². The highest BCUT2D eigenvalue weighted by molar-refractivity contribution is 5.96. The summed E-state index contributed by atoms with van der Waals surface area (Å²) >= 11 is 0. The third-order valence-corrected chi connectivity index (χ3v) is 3.58. The minimum atomic E-state index is -0.0557. The van der Waals surface area contributed by atoms with Crippen LogP contribution in [-0.4, -0.2) is 18.5 Å². The summed E-state index contributed by atoms with van der Waals surface area (Å²) in [5.41, 5.74) is 9.76. The summed E-state index contributed by atoms with van der Waals surface area (Å²) in [5, 5.41) is 3.04. The highest BCUT2D eigenvalue weighted by atomic mass is 16.1. The maximum Gasteiger partial charge on any atom is 0.251 e. The van der Waals surface area contributed by atoms with Crippen LogP contribution in [0.4, 0.5) is 0 Å². The molecule has 1 atom stereocenters. The van der Waals surface area contributed by atoms with Crippen LogP contribution >= 0.6 is 0 Å². The molecule has 2 aromatic carbocycles. The number of nitrogens with two attached hydrogens (primary N) is 1. The van der Waals surface area contributed by atoms with E-state index in [9.17, 15) is 4.79 Å². The lowest BCUT2D eigenvalue weighted by molar-refractivity contribution is 0.0937. The van der Waals surface area contributed by atoms with Crippen molar-refractivity contribution in [2.24, 2.45) is 5.73 Å². The number of aryl methyl sites for hydroxylation is 2. The normalized spacial score (nSPS) is 12.0. The zero-order valence-electron chi connectivity index (χ0n) is 12.6. The molecule has 0 radical (unpaired) electrons. The molecule has 0 spiro atoms. The Labute approximate surface area is 126 Å². The summed E-state index contributed by atoms with van der Waals surface area (Å²) in [4.78, 5) is 12.4. The number of hydrogen-bond acceptors (Lipinski definition) is 2. The third kappa shape index (κ3) is 4.17. The molecule has 0 saturated heterocycles. The van der Waals surface area contributed by atoms with Crippen molar-refractivity contribution in [1.82, 2.24) is 5.32 Å². The molecule has 0 saturated carbocycles. The SMILES string of the molecule is Cc1ccc(C)c(C(=O)NC(CN)Cc2ccccc2)c1. The van der Waals surface area contributed by atoms with Gasteiger partial charge in [-0.3, -0.25) is 4.79 Å². The average molecular weight is 282 g/mol. The van der Waals surface area contributed by atoms with Crippen molar-refractivity contribution in [3.63, 3.8) is 0 Å². The molecule has 1 unspecified atom stereocenters. The summed E-state index contributed by atoms with van der Waals surface area (Å²) in [6, 6.07) is 15.9. The summed E-state index contributed by atoms with van der Waals surface area (Å²) < 4.78 is 0. The van der Waals surface area contributed by atoms with E-state index < -0.39 is 0 Å². The highest BCUT2D eigenvalue weighted by Gasteiger charge is 2.14. The fraction of sp³-hybridized carbons (Fsp3) is 0.278. The van der Waals surface area contributed by atoms with Crippen LogP contribution in [-0.2, 0) is 6.42 Å². The quantitative estimate of drug-likeness (QED) is 0.885. The van der Waals surface area contributed by atoms with Crippen molar-refractivity contribution < 1.29 is 4.79 Å². The zero-order valence-corrected chi connectivity index (χ0v) is 12.6. The molecule has 2 aromatic rings. The Morgan fingerprint density at radius 1 is 1.14 bits per heavy atom. The second-order valence-corrected chi connectivity index (χ2v) is 5.41. The van der Waals surface area contributed by atoms with Gasteiger partial charge >= 0.3 is 0 Å². The lowest BCUT2D eigenvalue weighted by Crippen LogP contribution is -2.41. The molecule has 0 fully saturated rings. The first kappa shape index (κ1) is 15.3. The van der Waals surface area contributed by atoms with E-state index in [2.05, 4.69) is 5.32 Å². The highest BCUT2D eigenvalue weighted by Crippen LogP contribution is 2.11. The van der Waals surface area contributed by atoms with Crippen LogP contribution in [0.3, 0.4) is 0 Å². The van der Waals surface area contributed by atoms with Crippen molar-refractivity contribution >= 4 is 5.91 Å². The van der Waals surface area contributed by atoms with Gasteiger partial charge in [-0.25, -0.2) is 0 Å². The Bertz CT molecular complexity index is 608. The molecular weight excluding hydrogens is 260 g/mol. The van der Waals surface area contributed by atoms with Crippen molar-refractivity contribution in [3.05, 3.63) is 70.8 Å². The summed E-state index contributed by atoms with van der Waals surface area (Å²) in [5.74, 6) is -0.0532. The maximum absolute atomic E-state index is 12.4. The van der Waals surface area contributed by atoms with Crippen molar-refractivity contribution in [2.45, 2.75) is 26.3 Å². The maximum atomic E-state index is 12.4. The largest absolute Gasteiger partial charge is 0.348 e. The third-order valence-electron chi connectivity index (χ3n) is 3.58. The summed E-state index contributed by atoms with van der Waals surface area (Å²) in [6.45, 7) is 4.36. The van der Waals surface area contributed by atoms with Crippen LogP contribution in [0.5, 0.6) is 0 Å². The number of rotatable bonds is 5. The predicted molar refractivity (Wildman–Crippen MR) is 86.4 cm³/mol. The molecular formula is C18H22N2O. The number of hydrogen-bond donors (Lipinski definition) is 2. The predicted octanol–water partition coefficient (Wildman–Crippen LogP) is 2.60. The first-order chi connectivity index (χ1) is 10.1. The topological polar surface area (TPSA) is 55.1 Å². The molecule has 0 heterocycles. The molecule has 1 amide bonds. The van der Waals surface area contributed by atoms with E-state index in [1.165, 1.54) is 5.56 Å². The van der Waals surface area contributed by atoms with E-state index in [-0.39, 0.29) is 11.9 Å². The first-order valence-corrected chi connectivity index (χ1v) is 7.22.